The SMILES string of the molecule is Cc1cc(C(C(=O)N2CC(O)CC2C(=O)NC(CC(=O)NCCCN2CCN(c3ccc(C#Cc4ccc(N5C(=S)N(c6ccc(C#N)c(C(F)(F)F)c6)C(=O)C5(C)C)cc4)cn3)CC2)c2ccc(-c3scnc3C)cc2)C(C)C)on1. The summed E-state index contributed by atoms with van der Waals surface area (Å²) in [4.78, 5) is 74.4. The predicted molar refractivity (Wildman–Crippen MR) is 308 cm³/mol. The van der Waals surface area contributed by atoms with Crippen molar-refractivity contribution in [1.29, 1.82) is 5.26 Å². The molecule has 3 saturated heterocycles. The molecule has 3 aliphatic heterocycles. The number of amides is 4. The van der Waals surface area contributed by atoms with E-state index in [4.69, 9.17) is 21.7 Å². The number of thiocarbonyl (C=S) groups is 1. The average molecular weight is 1150 g/mol. The number of likely N-dealkylation sites (tertiary alicyclic amines) is 1. The van der Waals surface area contributed by atoms with Gasteiger partial charge in [0.2, 0.25) is 17.7 Å². The van der Waals surface area contributed by atoms with Crippen LogP contribution < -0.4 is 25.3 Å². The van der Waals surface area contributed by atoms with Gasteiger partial charge < -0.3 is 35.0 Å². The molecule has 4 atom stereocenters. The van der Waals surface area contributed by atoms with Crippen LogP contribution >= 0.6 is 23.6 Å². The van der Waals surface area contributed by atoms with Gasteiger partial charge in [-0.25, -0.2) is 9.97 Å². The van der Waals surface area contributed by atoms with Gasteiger partial charge in [-0.15, -0.1) is 11.3 Å². The van der Waals surface area contributed by atoms with Gasteiger partial charge in [-0.1, -0.05) is 55.1 Å². The van der Waals surface area contributed by atoms with E-state index in [1.807, 2.05) is 57.2 Å². The van der Waals surface area contributed by atoms with E-state index >= 15 is 0 Å². The largest absolute Gasteiger partial charge is 0.417 e. The molecule has 0 bridgehead atoms. The van der Waals surface area contributed by atoms with Gasteiger partial charge in [0.25, 0.3) is 5.91 Å². The van der Waals surface area contributed by atoms with Crippen molar-refractivity contribution >= 4 is 69.5 Å². The lowest BCUT2D eigenvalue weighted by Gasteiger charge is -2.35. The van der Waals surface area contributed by atoms with Gasteiger partial charge in [0.05, 0.1) is 63.2 Å². The number of aliphatic hydroxyl groups excluding tert-OH is 1. The monoisotopic (exact) mass is 1150 g/mol. The van der Waals surface area contributed by atoms with Gasteiger partial charge >= 0.3 is 6.18 Å². The molecule has 22 heteroatoms. The van der Waals surface area contributed by atoms with Crippen molar-refractivity contribution in [3.8, 4) is 28.4 Å². The molecule has 0 aliphatic carbocycles. The average Bonchev–Trinajstić information content (AvgIpc) is 2.50. The summed E-state index contributed by atoms with van der Waals surface area (Å²) in [5.41, 5.74) is 3.90. The summed E-state index contributed by atoms with van der Waals surface area (Å²) >= 11 is 7.21. The van der Waals surface area contributed by atoms with Gasteiger partial charge in [0.15, 0.2) is 5.11 Å². The van der Waals surface area contributed by atoms with Crippen LogP contribution in [0.5, 0.6) is 0 Å². The number of nitriles is 1. The lowest BCUT2D eigenvalue weighted by Crippen LogP contribution is -2.49. The van der Waals surface area contributed by atoms with Crippen molar-refractivity contribution in [3.63, 3.8) is 0 Å². The van der Waals surface area contributed by atoms with E-state index in [0.717, 1.165) is 71.7 Å². The number of nitrogens with zero attached hydrogens (tertiary/aromatic N) is 9. The molecule has 4 unspecified atom stereocenters. The molecule has 0 saturated carbocycles. The maximum Gasteiger partial charge on any atom is 0.417 e. The summed E-state index contributed by atoms with van der Waals surface area (Å²) < 4.78 is 46.9. The Morgan fingerprint density at radius 1 is 0.939 bits per heavy atom. The zero-order chi connectivity index (χ0) is 58.6. The van der Waals surface area contributed by atoms with Crippen LogP contribution in [-0.2, 0) is 25.4 Å². The van der Waals surface area contributed by atoms with Crippen molar-refractivity contribution in [2.75, 3.05) is 60.5 Å². The Morgan fingerprint density at radius 3 is 2.26 bits per heavy atom. The number of thiazole rings is 1. The fraction of sp³-hybridized carbons (Fsp3) is 0.383. The van der Waals surface area contributed by atoms with Crippen LogP contribution in [0, 0.1) is 42.9 Å². The van der Waals surface area contributed by atoms with Gasteiger partial charge in [-0.2, -0.15) is 18.4 Å². The Hall–Kier alpha value is -8.02. The number of nitrogens with one attached hydrogen (secondary N) is 2. The number of aliphatic hydroxyl groups is 1. The molecular weight excluding hydrogens is 1090 g/mol. The number of pyridine rings is 1. The smallest absolute Gasteiger partial charge is 0.391 e. The van der Waals surface area contributed by atoms with E-state index in [9.17, 15) is 42.7 Å². The van der Waals surface area contributed by atoms with E-state index in [1.54, 1.807) is 73.8 Å². The first-order valence-electron chi connectivity index (χ1n) is 27.0. The number of carbonyl (C=O) groups excluding carboxylic acids is 4. The number of aromatic nitrogens is 3. The number of aryl methyl sites for hydroxylation is 2. The Balaban J connectivity index is 0.758. The second kappa shape index (κ2) is 24.6. The summed E-state index contributed by atoms with van der Waals surface area (Å²) in [6, 6.07) is 23.2. The number of β-amino-alcohol motifs (C(OH)–C–C–N with tert-alkyl or cyclic N) is 1. The Morgan fingerprint density at radius 2 is 1.63 bits per heavy atom. The van der Waals surface area contributed by atoms with Crippen molar-refractivity contribution in [1.82, 2.24) is 35.6 Å². The number of hydrogen-bond acceptors (Lipinski definition) is 14. The van der Waals surface area contributed by atoms with Crippen molar-refractivity contribution < 1.29 is 42.0 Å². The molecule has 9 rings (SSSR count). The second-order valence-corrected chi connectivity index (χ2v) is 22.8. The van der Waals surface area contributed by atoms with E-state index in [-0.39, 0.29) is 47.9 Å². The normalized spacial score (nSPS) is 18.1. The molecule has 0 radical (unpaired) electrons. The Kier molecular flexibility index (Phi) is 17.6. The molecule has 3 aliphatic rings. The molecule has 6 heterocycles. The minimum Gasteiger partial charge on any atom is -0.391 e. The summed E-state index contributed by atoms with van der Waals surface area (Å²) in [6.07, 6.45) is -3.29. The number of carbonyl (C=O) groups is 4. The van der Waals surface area contributed by atoms with Crippen LogP contribution in [0.3, 0.4) is 0 Å². The highest BCUT2D eigenvalue weighted by Gasteiger charge is 2.51. The van der Waals surface area contributed by atoms with Crippen LogP contribution in [0.4, 0.5) is 30.4 Å². The quantitative estimate of drug-likeness (QED) is 0.0474. The fourth-order valence-electron chi connectivity index (χ4n) is 10.6. The number of benzene rings is 3. The number of hydrogen-bond donors (Lipinski definition) is 3. The maximum absolute atomic E-state index is 14.2. The molecule has 3 N–H and O–H groups in total. The molecule has 17 nitrogen and oxygen atoms in total. The summed E-state index contributed by atoms with van der Waals surface area (Å²) in [5.74, 6) is 5.06. The lowest BCUT2D eigenvalue weighted by molar-refractivity contribution is -0.141. The van der Waals surface area contributed by atoms with Gasteiger partial charge in [-0.05, 0) is 125 Å². The summed E-state index contributed by atoms with van der Waals surface area (Å²) in [7, 11) is 0. The number of anilines is 3. The van der Waals surface area contributed by atoms with E-state index in [2.05, 4.69) is 42.4 Å². The highest BCUT2D eigenvalue weighted by atomic mass is 32.1. The van der Waals surface area contributed by atoms with E-state index < -0.39 is 58.8 Å². The molecule has 6 aromatic rings. The minimum atomic E-state index is -4.81. The molecule has 3 aromatic carbocycles. The lowest BCUT2D eigenvalue weighted by atomic mass is 9.91. The first-order chi connectivity index (χ1) is 39.1. The van der Waals surface area contributed by atoms with Gasteiger partial charge in [0, 0.05) is 74.8 Å². The van der Waals surface area contributed by atoms with Crippen LogP contribution in [-0.4, -0.2) is 122 Å². The van der Waals surface area contributed by atoms with Crippen molar-refractivity contribution in [2.45, 2.75) is 96.6 Å². The van der Waals surface area contributed by atoms with Crippen molar-refractivity contribution in [3.05, 3.63) is 142 Å². The highest BCUT2D eigenvalue weighted by molar-refractivity contribution is 7.81. The Bertz CT molecular complexity index is 3450. The van der Waals surface area contributed by atoms with Gasteiger partial charge in [0.1, 0.15) is 29.1 Å². The number of alkyl halides is 3. The van der Waals surface area contributed by atoms with Gasteiger partial charge in [-0.3, -0.25) is 29.0 Å². The van der Waals surface area contributed by atoms with Crippen LogP contribution in [0.1, 0.15) is 104 Å². The zero-order valence-corrected chi connectivity index (χ0v) is 47.8. The molecule has 3 fully saturated rings. The first kappa shape index (κ1) is 58.6. The first-order valence-corrected chi connectivity index (χ1v) is 28.2. The molecular formula is C60H62F3N11O6S2. The third-order valence-corrected chi connectivity index (χ3v) is 16.4. The third kappa shape index (κ3) is 12.9. The topological polar surface area (TPSA) is 204 Å². The molecule has 4 amide bonds. The number of piperazine rings is 1. The van der Waals surface area contributed by atoms with E-state index in [1.165, 1.54) is 22.3 Å². The molecule has 3 aromatic heterocycles. The molecule has 0 spiro atoms. The van der Waals surface area contributed by atoms with Crippen LogP contribution in [0.25, 0.3) is 10.4 Å². The standard InChI is InChI=1S/C60H62F3N11O6S2/c1-36(2)53(50-28-37(3)69-80-50)56(78)72-34-46(75)30-49(72)55(77)68-48(41-13-15-42(16-14-41)54-38(4)67-35-82-54)31-52(76)65-22-7-23-70-24-26-71(27-25-70)51-21-12-40(33-66-51)9-8-39-10-18-44(19-11-39)74-58(81)73(57(79)59(74,5)6)45-20-17-43(32-64)47(29-45)60(61,62)63/h10-21,28-29,33,35-36,46,48-49,53,75H,7,22-27,30-31,34H2,1-6H3,(H,65,76)(H,68,77). The Labute approximate surface area is 483 Å². The fourth-order valence-corrected chi connectivity index (χ4v) is 12.0. The van der Waals surface area contributed by atoms with Crippen LogP contribution in [0.15, 0.2) is 101 Å². The third-order valence-electron chi connectivity index (χ3n) is 15.0. The molecule has 426 valence electrons. The zero-order valence-electron chi connectivity index (χ0n) is 46.2. The minimum absolute atomic E-state index is 0.00226. The second-order valence-electron chi connectivity index (χ2n) is 21.5. The summed E-state index contributed by atoms with van der Waals surface area (Å²) in [6.45, 7) is 15.0. The number of halogens is 3. The highest BCUT2D eigenvalue weighted by Crippen LogP contribution is 2.40. The van der Waals surface area contributed by atoms with Crippen LogP contribution in [0.2, 0.25) is 0 Å². The van der Waals surface area contributed by atoms with E-state index in [0.29, 0.717) is 46.8 Å². The summed E-state index contributed by atoms with van der Waals surface area (Å²) in [5, 5.41) is 30.2. The number of rotatable bonds is 16. The van der Waals surface area contributed by atoms with Crippen molar-refractivity contribution in [2.24, 2.45) is 5.92 Å². The predicted octanol–water partition coefficient (Wildman–Crippen LogP) is 8.29. The molecule has 82 heavy (non-hydrogen) atoms. The maximum atomic E-state index is 14.2.